The first-order valence-electron chi connectivity index (χ1n) is 8.07. The van der Waals surface area contributed by atoms with E-state index >= 15 is 0 Å². The van der Waals surface area contributed by atoms with E-state index in [0.29, 0.717) is 13.2 Å². The van der Waals surface area contributed by atoms with Crippen LogP contribution < -0.4 is 15.4 Å². The third-order valence-electron chi connectivity index (χ3n) is 3.46. The van der Waals surface area contributed by atoms with Gasteiger partial charge < -0.3 is 20.5 Å². The third kappa shape index (κ3) is 6.30. The number of rotatable bonds is 9. The molecule has 0 spiro atoms. The van der Waals surface area contributed by atoms with Crippen molar-refractivity contribution < 1.29 is 14.6 Å². The Morgan fingerprint density at radius 3 is 2.79 bits per heavy atom. The molecule has 1 amide bonds. The standard InChI is InChI=1S/C19H24N2O3/c1-15-5-2-8-18(11-15)24-10-4-9-20-19(23)13-21-17-7-3-6-16(12-17)14-22/h2-3,5-8,11-12,21-22H,4,9-10,13-14H2,1H3,(H,20,23). The summed E-state index contributed by atoms with van der Waals surface area (Å²) in [7, 11) is 0. The van der Waals surface area contributed by atoms with E-state index in [-0.39, 0.29) is 19.1 Å². The number of carbonyl (C=O) groups excluding carboxylic acids is 1. The molecule has 5 nitrogen and oxygen atoms in total. The molecule has 2 aromatic carbocycles. The molecule has 0 aromatic heterocycles. The fourth-order valence-corrected chi connectivity index (χ4v) is 2.22. The predicted molar refractivity (Wildman–Crippen MR) is 95.2 cm³/mol. The molecule has 0 aliphatic carbocycles. The van der Waals surface area contributed by atoms with Crippen LogP contribution in [0.25, 0.3) is 0 Å². The Bertz CT molecular complexity index is 659. The van der Waals surface area contributed by atoms with Gasteiger partial charge in [-0.3, -0.25) is 4.79 Å². The fraction of sp³-hybridized carbons (Fsp3) is 0.316. The first-order chi connectivity index (χ1) is 11.7. The largest absolute Gasteiger partial charge is 0.494 e. The molecule has 2 aromatic rings. The summed E-state index contributed by atoms with van der Waals surface area (Å²) in [4.78, 5) is 11.8. The Balaban J connectivity index is 1.59. The van der Waals surface area contributed by atoms with Gasteiger partial charge in [0.05, 0.1) is 19.8 Å². The van der Waals surface area contributed by atoms with Crippen LogP contribution in [0.3, 0.4) is 0 Å². The number of aliphatic hydroxyl groups is 1. The molecule has 0 unspecified atom stereocenters. The molecule has 0 fully saturated rings. The van der Waals surface area contributed by atoms with Crippen molar-refractivity contribution in [3.63, 3.8) is 0 Å². The van der Waals surface area contributed by atoms with Gasteiger partial charge in [-0.1, -0.05) is 24.3 Å². The SMILES string of the molecule is Cc1cccc(OCCCNC(=O)CNc2cccc(CO)c2)c1. The number of nitrogens with one attached hydrogen (secondary N) is 2. The van der Waals surface area contributed by atoms with Crippen LogP contribution in [0.15, 0.2) is 48.5 Å². The number of anilines is 1. The molecule has 0 radical (unpaired) electrons. The quantitative estimate of drug-likeness (QED) is 0.619. The van der Waals surface area contributed by atoms with Gasteiger partial charge in [-0.25, -0.2) is 0 Å². The normalized spacial score (nSPS) is 10.2. The number of ether oxygens (including phenoxy) is 1. The first kappa shape index (κ1) is 17.8. The van der Waals surface area contributed by atoms with Crippen LogP contribution in [0.2, 0.25) is 0 Å². The Hall–Kier alpha value is -2.53. The Morgan fingerprint density at radius 1 is 1.17 bits per heavy atom. The average molecular weight is 328 g/mol. The van der Waals surface area contributed by atoms with E-state index in [1.54, 1.807) is 0 Å². The van der Waals surface area contributed by atoms with E-state index in [2.05, 4.69) is 10.6 Å². The van der Waals surface area contributed by atoms with Crippen molar-refractivity contribution in [2.75, 3.05) is 25.0 Å². The lowest BCUT2D eigenvalue weighted by Gasteiger charge is -2.09. The highest BCUT2D eigenvalue weighted by Gasteiger charge is 2.01. The molecule has 0 bridgehead atoms. The molecule has 0 saturated heterocycles. The van der Waals surface area contributed by atoms with Gasteiger partial charge in [0.15, 0.2) is 0 Å². The van der Waals surface area contributed by atoms with Crippen LogP contribution in [0.4, 0.5) is 5.69 Å². The maximum Gasteiger partial charge on any atom is 0.239 e. The Labute approximate surface area is 142 Å². The summed E-state index contributed by atoms with van der Waals surface area (Å²) < 4.78 is 5.63. The predicted octanol–water partition coefficient (Wildman–Crippen LogP) is 2.48. The van der Waals surface area contributed by atoms with Crippen molar-refractivity contribution in [2.45, 2.75) is 20.0 Å². The number of amides is 1. The maximum atomic E-state index is 11.8. The lowest BCUT2D eigenvalue weighted by molar-refractivity contribution is -0.119. The third-order valence-corrected chi connectivity index (χ3v) is 3.46. The number of aryl methyl sites for hydroxylation is 1. The van der Waals surface area contributed by atoms with E-state index in [9.17, 15) is 4.79 Å². The zero-order valence-electron chi connectivity index (χ0n) is 13.9. The minimum Gasteiger partial charge on any atom is -0.494 e. The number of hydrogen-bond acceptors (Lipinski definition) is 4. The second-order valence-electron chi connectivity index (χ2n) is 5.58. The number of benzene rings is 2. The van der Waals surface area contributed by atoms with Crippen LogP contribution >= 0.6 is 0 Å². The minimum absolute atomic E-state index is 0.0113. The molecule has 0 aliphatic heterocycles. The summed E-state index contributed by atoms with van der Waals surface area (Å²) in [6, 6.07) is 15.3. The van der Waals surface area contributed by atoms with E-state index < -0.39 is 0 Å². The van der Waals surface area contributed by atoms with Gasteiger partial charge in [-0.15, -0.1) is 0 Å². The topological polar surface area (TPSA) is 70.6 Å². The highest BCUT2D eigenvalue weighted by molar-refractivity contribution is 5.80. The summed E-state index contributed by atoms with van der Waals surface area (Å²) in [6.45, 7) is 3.35. The van der Waals surface area contributed by atoms with Gasteiger partial charge in [-0.2, -0.15) is 0 Å². The van der Waals surface area contributed by atoms with Gasteiger partial charge in [0, 0.05) is 12.2 Å². The van der Waals surface area contributed by atoms with E-state index in [0.717, 1.165) is 29.0 Å². The van der Waals surface area contributed by atoms with Crippen molar-refractivity contribution in [1.82, 2.24) is 5.32 Å². The Kier molecular flexibility index (Phi) is 7.11. The van der Waals surface area contributed by atoms with Crippen molar-refractivity contribution in [3.05, 3.63) is 59.7 Å². The van der Waals surface area contributed by atoms with Crippen molar-refractivity contribution in [3.8, 4) is 5.75 Å². The lowest BCUT2D eigenvalue weighted by Crippen LogP contribution is -2.31. The van der Waals surface area contributed by atoms with Gasteiger partial charge in [0.2, 0.25) is 5.91 Å². The molecule has 0 aliphatic rings. The summed E-state index contributed by atoms with van der Waals surface area (Å²) in [5.41, 5.74) is 2.80. The number of carbonyl (C=O) groups is 1. The molecule has 0 heterocycles. The zero-order valence-corrected chi connectivity index (χ0v) is 13.9. The van der Waals surface area contributed by atoms with Crippen molar-refractivity contribution >= 4 is 11.6 Å². The molecule has 128 valence electrons. The van der Waals surface area contributed by atoms with Gasteiger partial charge in [-0.05, 0) is 48.7 Å². The molecule has 0 atom stereocenters. The van der Waals surface area contributed by atoms with Gasteiger partial charge >= 0.3 is 0 Å². The van der Waals surface area contributed by atoms with E-state index in [4.69, 9.17) is 9.84 Å². The molecule has 5 heteroatoms. The second kappa shape index (κ2) is 9.57. The first-order valence-corrected chi connectivity index (χ1v) is 8.07. The van der Waals surface area contributed by atoms with Crippen LogP contribution in [-0.2, 0) is 11.4 Å². The second-order valence-corrected chi connectivity index (χ2v) is 5.58. The summed E-state index contributed by atoms with van der Waals surface area (Å²) in [5, 5.41) is 15.0. The summed E-state index contributed by atoms with van der Waals surface area (Å²) in [5.74, 6) is 0.784. The highest BCUT2D eigenvalue weighted by Crippen LogP contribution is 2.12. The van der Waals surface area contributed by atoms with Crippen LogP contribution in [0, 0.1) is 6.92 Å². The smallest absolute Gasteiger partial charge is 0.239 e. The van der Waals surface area contributed by atoms with E-state index in [1.807, 2.05) is 55.5 Å². The molecule has 0 saturated carbocycles. The molecule has 3 N–H and O–H groups in total. The summed E-state index contributed by atoms with van der Waals surface area (Å²) >= 11 is 0. The zero-order chi connectivity index (χ0) is 17.2. The van der Waals surface area contributed by atoms with Gasteiger partial charge in [0.25, 0.3) is 0 Å². The number of aliphatic hydroxyl groups excluding tert-OH is 1. The van der Waals surface area contributed by atoms with Crippen LogP contribution in [-0.4, -0.2) is 30.7 Å². The summed E-state index contributed by atoms with van der Waals surface area (Å²) in [6.07, 6.45) is 0.750. The van der Waals surface area contributed by atoms with Crippen LogP contribution in [0.5, 0.6) is 5.75 Å². The molecule has 2 rings (SSSR count). The molecular formula is C19H24N2O3. The highest BCUT2D eigenvalue weighted by atomic mass is 16.5. The number of hydrogen-bond donors (Lipinski definition) is 3. The van der Waals surface area contributed by atoms with Crippen LogP contribution in [0.1, 0.15) is 17.5 Å². The minimum atomic E-state index is -0.0695. The molecule has 24 heavy (non-hydrogen) atoms. The monoisotopic (exact) mass is 328 g/mol. The molecular weight excluding hydrogens is 304 g/mol. The van der Waals surface area contributed by atoms with E-state index in [1.165, 1.54) is 0 Å². The Morgan fingerprint density at radius 2 is 2.00 bits per heavy atom. The van der Waals surface area contributed by atoms with Crippen molar-refractivity contribution in [2.24, 2.45) is 0 Å². The van der Waals surface area contributed by atoms with Gasteiger partial charge in [0.1, 0.15) is 5.75 Å². The van der Waals surface area contributed by atoms with Crippen molar-refractivity contribution in [1.29, 1.82) is 0 Å². The average Bonchev–Trinajstić information content (AvgIpc) is 2.60. The fourth-order valence-electron chi connectivity index (χ4n) is 2.22. The lowest BCUT2D eigenvalue weighted by atomic mass is 10.2. The maximum absolute atomic E-state index is 11.8.